The van der Waals surface area contributed by atoms with Gasteiger partial charge in [0.1, 0.15) is 0 Å². The molecule has 0 radical (unpaired) electrons. The van der Waals surface area contributed by atoms with Crippen molar-refractivity contribution >= 4 is 0 Å². The summed E-state index contributed by atoms with van der Waals surface area (Å²) in [7, 11) is 0. The average Bonchev–Trinajstić information content (AvgIpc) is 2.37. The van der Waals surface area contributed by atoms with Gasteiger partial charge in [0.15, 0.2) is 11.6 Å². The van der Waals surface area contributed by atoms with Crippen LogP contribution in [0.25, 0.3) is 0 Å². The molecule has 106 valence electrons. The van der Waals surface area contributed by atoms with Gasteiger partial charge in [0.05, 0.1) is 0 Å². The number of hydrogen-bond acceptors (Lipinski definition) is 0. The van der Waals surface area contributed by atoms with E-state index in [1.807, 2.05) is 13.8 Å². The van der Waals surface area contributed by atoms with Crippen LogP contribution in [0.15, 0.2) is 12.1 Å². The summed E-state index contributed by atoms with van der Waals surface area (Å²) in [5.41, 5.74) is 1.04. The van der Waals surface area contributed by atoms with Crippen molar-refractivity contribution < 1.29 is 8.78 Å². The van der Waals surface area contributed by atoms with E-state index in [0.29, 0.717) is 23.5 Å². The molecule has 0 atom stereocenters. The molecular weight excluding hydrogens is 242 g/mol. The van der Waals surface area contributed by atoms with Gasteiger partial charge in [-0.05, 0) is 48.1 Å². The minimum absolute atomic E-state index is 0.0269. The Labute approximate surface area is 115 Å². The molecule has 1 aromatic carbocycles. The highest BCUT2D eigenvalue weighted by Gasteiger charge is 2.22. The summed E-state index contributed by atoms with van der Waals surface area (Å²) in [4.78, 5) is 0. The Balaban J connectivity index is 2.11. The van der Waals surface area contributed by atoms with Crippen molar-refractivity contribution in [2.75, 3.05) is 0 Å². The molecule has 0 N–H and O–H groups in total. The Kier molecular flexibility index (Phi) is 4.59. The van der Waals surface area contributed by atoms with Gasteiger partial charge < -0.3 is 0 Å². The Morgan fingerprint density at radius 1 is 1.05 bits per heavy atom. The second-order valence-corrected chi connectivity index (χ2v) is 6.43. The van der Waals surface area contributed by atoms with E-state index >= 15 is 0 Å². The normalized spacial score (nSPS) is 23.9. The summed E-state index contributed by atoms with van der Waals surface area (Å²) in [6.07, 6.45) is 5.42. The SMILES string of the molecule is CC1CCC(Cc2ccc(C(C)C)c(F)c2F)CC1. The van der Waals surface area contributed by atoms with Crippen molar-refractivity contribution in [2.24, 2.45) is 11.8 Å². The maximum atomic E-state index is 14.1. The van der Waals surface area contributed by atoms with Gasteiger partial charge >= 0.3 is 0 Å². The zero-order valence-electron chi connectivity index (χ0n) is 12.2. The molecule has 1 fully saturated rings. The number of halogens is 2. The van der Waals surface area contributed by atoms with Crippen LogP contribution in [-0.2, 0) is 6.42 Å². The van der Waals surface area contributed by atoms with E-state index in [1.165, 1.54) is 12.8 Å². The molecule has 0 aromatic heterocycles. The molecule has 0 heterocycles. The third-order valence-corrected chi connectivity index (χ3v) is 4.46. The Morgan fingerprint density at radius 2 is 1.68 bits per heavy atom. The van der Waals surface area contributed by atoms with Crippen LogP contribution in [0.5, 0.6) is 0 Å². The van der Waals surface area contributed by atoms with Crippen molar-refractivity contribution in [1.29, 1.82) is 0 Å². The first-order valence-corrected chi connectivity index (χ1v) is 7.45. The lowest BCUT2D eigenvalue weighted by Gasteiger charge is -2.26. The first-order valence-electron chi connectivity index (χ1n) is 7.45. The van der Waals surface area contributed by atoms with E-state index < -0.39 is 11.6 Å². The van der Waals surface area contributed by atoms with Gasteiger partial charge in [0.25, 0.3) is 0 Å². The molecule has 0 spiro atoms. The van der Waals surface area contributed by atoms with Gasteiger partial charge in [0.2, 0.25) is 0 Å². The highest BCUT2D eigenvalue weighted by Crippen LogP contribution is 2.32. The molecule has 1 aliphatic carbocycles. The second-order valence-electron chi connectivity index (χ2n) is 6.43. The first-order chi connectivity index (χ1) is 8.99. The fraction of sp³-hybridized carbons (Fsp3) is 0.647. The van der Waals surface area contributed by atoms with Gasteiger partial charge in [-0.2, -0.15) is 0 Å². The monoisotopic (exact) mass is 266 g/mol. The minimum Gasteiger partial charge on any atom is -0.203 e. The summed E-state index contributed by atoms with van der Waals surface area (Å²) in [5, 5.41) is 0. The van der Waals surface area contributed by atoms with Crippen LogP contribution in [0.3, 0.4) is 0 Å². The van der Waals surface area contributed by atoms with Gasteiger partial charge in [0, 0.05) is 0 Å². The van der Waals surface area contributed by atoms with Crippen molar-refractivity contribution in [1.82, 2.24) is 0 Å². The van der Waals surface area contributed by atoms with Crippen molar-refractivity contribution in [3.8, 4) is 0 Å². The van der Waals surface area contributed by atoms with Gasteiger partial charge in [-0.1, -0.05) is 45.7 Å². The quantitative estimate of drug-likeness (QED) is 0.681. The molecule has 0 nitrogen and oxygen atoms in total. The highest BCUT2D eigenvalue weighted by atomic mass is 19.2. The fourth-order valence-electron chi connectivity index (χ4n) is 3.05. The van der Waals surface area contributed by atoms with Crippen LogP contribution in [0.1, 0.15) is 63.5 Å². The second kappa shape index (κ2) is 6.02. The van der Waals surface area contributed by atoms with Crippen molar-refractivity contribution in [2.45, 2.75) is 58.8 Å². The summed E-state index contributed by atoms with van der Waals surface area (Å²) >= 11 is 0. The predicted octanol–water partition coefficient (Wildman–Crippen LogP) is 5.46. The third-order valence-electron chi connectivity index (χ3n) is 4.46. The Morgan fingerprint density at radius 3 is 2.26 bits per heavy atom. The number of hydrogen-bond donors (Lipinski definition) is 0. The van der Waals surface area contributed by atoms with Crippen LogP contribution in [-0.4, -0.2) is 0 Å². The van der Waals surface area contributed by atoms with E-state index in [1.54, 1.807) is 12.1 Å². The number of rotatable bonds is 3. The molecule has 0 saturated heterocycles. The van der Waals surface area contributed by atoms with Crippen LogP contribution in [0.4, 0.5) is 8.78 Å². The summed E-state index contributed by atoms with van der Waals surface area (Å²) in [6.45, 7) is 6.05. The molecule has 2 rings (SSSR count). The maximum Gasteiger partial charge on any atom is 0.162 e. The van der Waals surface area contributed by atoms with E-state index in [2.05, 4.69) is 6.92 Å². The molecule has 1 aromatic rings. The molecule has 2 heteroatoms. The highest BCUT2D eigenvalue weighted by molar-refractivity contribution is 5.28. The molecule has 0 amide bonds. The lowest BCUT2D eigenvalue weighted by atomic mass is 9.80. The summed E-state index contributed by atoms with van der Waals surface area (Å²) < 4.78 is 28.0. The zero-order chi connectivity index (χ0) is 14.0. The van der Waals surface area contributed by atoms with Crippen LogP contribution >= 0.6 is 0 Å². The number of benzene rings is 1. The Bertz CT molecular complexity index is 429. The lowest BCUT2D eigenvalue weighted by Crippen LogP contribution is -2.15. The topological polar surface area (TPSA) is 0 Å². The smallest absolute Gasteiger partial charge is 0.162 e. The van der Waals surface area contributed by atoms with E-state index in [9.17, 15) is 8.78 Å². The molecule has 0 aliphatic heterocycles. The molecule has 19 heavy (non-hydrogen) atoms. The van der Waals surface area contributed by atoms with Gasteiger partial charge in [-0.3, -0.25) is 0 Å². The lowest BCUT2D eigenvalue weighted by molar-refractivity contribution is 0.286. The first kappa shape index (κ1) is 14.5. The summed E-state index contributed by atoms with van der Waals surface area (Å²) in [6, 6.07) is 3.54. The van der Waals surface area contributed by atoms with E-state index in [0.717, 1.165) is 18.8 Å². The van der Waals surface area contributed by atoms with Gasteiger partial charge in [-0.15, -0.1) is 0 Å². The maximum absolute atomic E-state index is 14.1. The minimum atomic E-state index is -0.642. The molecule has 1 saturated carbocycles. The molecule has 1 aliphatic rings. The zero-order valence-corrected chi connectivity index (χ0v) is 12.2. The standard InChI is InChI=1S/C17H24F2/c1-11(2)15-9-8-14(16(18)17(15)19)10-13-6-4-12(3)5-7-13/h8-9,11-13H,4-7,10H2,1-3H3. The van der Waals surface area contributed by atoms with Crippen LogP contribution < -0.4 is 0 Å². The molecular formula is C17H24F2. The van der Waals surface area contributed by atoms with Crippen LogP contribution in [0.2, 0.25) is 0 Å². The van der Waals surface area contributed by atoms with E-state index in [-0.39, 0.29) is 5.92 Å². The fourth-order valence-corrected chi connectivity index (χ4v) is 3.05. The van der Waals surface area contributed by atoms with Gasteiger partial charge in [-0.25, -0.2) is 8.78 Å². The van der Waals surface area contributed by atoms with Crippen molar-refractivity contribution in [3.63, 3.8) is 0 Å². The molecule has 0 bridgehead atoms. The van der Waals surface area contributed by atoms with E-state index in [4.69, 9.17) is 0 Å². The van der Waals surface area contributed by atoms with Crippen molar-refractivity contribution in [3.05, 3.63) is 34.9 Å². The van der Waals surface area contributed by atoms with Crippen LogP contribution in [0, 0.1) is 23.5 Å². The third kappa shape index (κ3) is 3.34. The average molecular weight is 266 g/mol. The summed E-state index contributed by atoms with van der Waals surface area (Å²) in [5.74, 6) is 0.0803. The predicted molar refractivity (Wildman–Crippen MR) is 75.3 cm³/mol. The molecule has 0 unspecified atom stereocenters. The largest absolute Gasteiger partial charge is 0.203 e. The Hall–Kier alpha value is -0.920.